The third kappa shape index (κ3) is 5.89. The smallest absolute Gasteiger partial charge is 0.326 e. The second-order valence-electron chi connectivity index (χ2n) is 10.4. The standard InChI is InChI=1S/C27H35N5O3/c1-26(2,3)28-23(33)19-30-14-16-31(17-15-30)20-32-24(34)27(29-25(32)35,22-12-8-5-9-13-22)18-21-10-6-4-7-11-21/h4-13H,14-20H2,1-3H3,(H,28,33)(H,29,35)/t27-/m1/s1. The summed E-state index contributed by atoms with van der Waals surface area (Å²) >= 11 is 0. The van der Waals surface area contributed by atoms with Gasteiger partial charge in [0.2, 0.25) is 5.91 Å². The molecule has 0 aliphatic carbocycles. The first-order chi connectivity index (χ1) is 16.7. The lowest BCUT2D eigenvalue weighted by Crippen LogP contribution is -2.54. The van der Waals surface area contributed by atoms with E-state index in [2.05, 4.69) is 20.4 Å². The van der Waals surface area contributed by atoms with Crippen molar-refractivity contribution in [1.29, 1.82) is 0 Å². The first kappa shape index (κ1) is 24.9. The van der Waals surface area contributed by atoms with Crippen LogP contribution in [0, 0.1) is 0 Å². The number of piperazine rings is 1. The molecule has 0 unspecified atom stereocenters. The Bertz CT molecular complexity index is 1050. The van der Waals surface area contributed by atoms with Crippen molar-refractivity contribution in [2.45, 2.75) is 38.3 Å². The number of hydrogen-bond acceptors (Lipinski definition) is 5. The molecule has 0 saturated carbocycles. The summed E-state index contributed by atoms with van der Waals surface area (Å²) in [5.74, 6) is -0.224. The highest BCUT2D eigenvalue weighted by Gasteiger charge is 2.52. The van der Waals surface area contributed by atoms with Crippen molar-refractivity contribution in [3.63, 3.8) is 0 Å². The Hall–Kier alpha value is -3.23. The van der Waals surface area contributed by atoms with Crippen LogP contribution in [0.1, 0.15) is 31.9 Å². The molecule has 0 aromatic heterocycles. The molecule has 4 amide bonds. The van der Waals surface area contributed by atoms with Gasteiger partial charge in [-0.05, 0) is 31.9 Å². The molecule has 1 atom stereocenters. The van der Waals surface area contributed by atoms with Gasteiger partial charge in [-0.2, -0.15) is 0 Å². The zero-order valence-electron chi connectivity index (χ0n) is 20.8. The molecular weight excluding hydrogens is 442 g/mol. The fourth-order valence-corrected chi connectivity index (χ4v) is 4.75. The van der Waals surface area contributed by atoms with Crippen molar-refractivity contribution in [1.82, 2.24) is 25.3 Å². The van der Waals surface area contributed by atoms with E-state index in [9.17, 15) is 14.4 Å². The van der Waals surface area contributed by atoms with Crippen LogP contribution < -0.4 is 10.6 Å². The van der Waals surface area contributed by atoms with Crippen LogP contribution >= 0.6 is 0 Å². The molecule has 2 aliphatic rings. The zero-order valence-corrected chi connectivity index (χ0v) is 20.8. The minimum atomic E-state index is -1.13. The van der Waals surface area contributed by atoms with Gasteiger partial charge < -0.3 is 10.6 Å². The highest BCUT2D eigenvalue weighted by Crippen LogP contribution is 2.33. The van der Waals surface area contributed by atoms with E-state index in [1.165, 1.54) is 4.90 Å². The Morgan fingerprint density at radius 3 is 2.09 bits per heavy atom. The molecule has 8 heteroatoms. The largest absolute Gasteiger partial charge is 0.350 e. The van der Waals surface area contributed by atoms with Crippen molar-refractivity contribution in [2.75, 3.05) is 39.4 Å². The number of nitrogens with one attached hydrogen (secondary N) is 2. The summed E-state index contributed by atoms with van der Waals surface area (Å²) in [7, 11) is 0. The van der Waals surface area contributed by atoms with Crippen molar-refractivity contribution in [3.8, 4) is 0 Å². The molecule has 0 radical (unpaired) electrons. The molecule has 2 N–H and O–H groups in total. The van der Waals surface area contributed by atoms with E-state index in [1.54, 1.807) is 0 Å². The molecular formula is C27H35N5O3. The molecule has 2 aromatic carbocycles. The summed E-state index contributed by atoms with van der Waals surface area (Å²) in [5.41, 5.74) is 0.369. The Labute approximate surface area is 207 Å². The van der Waals surface area contributed by atoms with Gasteiger partial charge in [0.15, 0.2) is 5.54 Å². The van der Waals surface area contributed by atoms with Crippen molar-refractivity contribution >= 4 is 17.8 Å². The third-order valence-electron chi connectivity index (χ3n) is 6.44. The molecule has 8 nitrogen and oxygen atoms in total. The Kier molecular flexibility index (Phi) is 7.23. The molecule has 2 aromatic rings. The minimum absolute atomic E-state index is 0.00797. The topological polar surface area (TPSA) is 85.0 Å². The van der Waals surface area contributed by atoms with Crippen molar-refractivity contribution in [2.24, 2.45) is 0 Å². The van der Waals surface area contributed by atoms with E-state index < -0.39 is 5.54 Å². The van der Waals surface area contributed by atoms with Gasteiger partial charge in [0.25, 0.3) is 5.91 Å². The predicted octanol–water partition coefficient (Wildman–Crippen LogP) is 2.17. The summed E-state index contributed by atoms with van der Waals surface area (Å²) in [5, 5.41) is 6.02. The van der Waals surface area contributed by atoms with Gasteiger partial charge in [0, 0.05) is 38.1 Å². The SMILES string of the molecule is CC(C)(C)NC(=O)CN1CCN(CN2C(=O)N[C@](Cc3ccccc3)(c3ccccc3)C2=O)CC1. The molecule has 0 spiro atoms. The van der Waals surface area contributed by atoms with Crippen LogP contribution in [0.15, 0.2) is 60.7 Å². The van der Waals surface area contributed by atoms with E-state index in [0.29, 0.717) is 39.1 Å². The molecule has 35 heavy (non-hydrogen) atoms. The van der Waals surface area contributed by atoms with E-state index in [-0.39, 0.29) is 30.1 Å². The van der Waals surface area contributed by atoms with Gasteiger partial charge in [-0.3, -0.25) is 19.4 Å². The van der Waals surface area contributed by atoms with Crippen LogP contribution in [0.4, 0.5) is 4.79 Å². The second-order valence-corrected chi connectivity index (χ2v) is 10.4. The molecule has 186 valence electrons. The average molecular weight is 478 g/mol. The molecule has 2 saturated heterocycles. The van der Waals surface area contributed by atoms with Crippen LogP contribution in [0.2, 0.25) is 0 Å². The highest BCUT2D eigenvalue weighted by atomic mass is 16.2. The third-order valence-corrected chi connectivity index (χ3v) is 6.44. The quantitative estimate of drug-likeness (QED) is 0.597. The summed E-state index contributed by atoms with van der Waals surface area (Å²) in [6.07, 6.45) is 0.385. The maximum atomic E-state index is 13.8. The minimum Gasteiger partial charge on any atom is -0.350 e. The zero-order chi connectivity index (χ0) is 25.1. The van der Waals surface area contributed by atoms with Crippen molar-refractivity contribution in [3.05, 3.63) is 71.8 Å². The molecule has 4 rings (SSSR count). The fraction of sp³-hybridized carbons (Fsp3) is 0.444. The Morgan fingerprint density at radius 1 is 0.914 bits per heavy atom. The molecule has 0 bridgehead atoms. The number of hydrogen-bond donors (Lipinski definition) is 2. The predicted molar refractivity (Wildman–Crippen MR) is 134 cm³/mol. The Morgan fingerprint density at radius 2 is 1.49 bits per heavy atom. The summed E-state index contributed by atoms with van der Waals surface area (Å²) in [6, 6.07) is 18.9. The number of urea groups is 1. The van der Waals surface area contributed by atoms with Crippen LogP contribution in [0.5, 0.6) is 0 Å². The lowest BCUT2D eigenvalue weighted by molar-refractivity contribution is -0.133. The number of nitrogens with zero attached hydrogens (tertiary/aromatic N) is 3. The van der Waals surface area contributed by atoms with E-state index in [1.807, 2.05) is 81.4 Å². The number of carbonyl (C=O) groups is 3. The fourth-order valence-electron chi connectivity index (χ4n) is 4.75. The van der Waals surface area contributed by atoms with E-state index >= 15 is 0 Å². The Balaban J connectivity index is 1.43. The summed E-state index contributed by atoms with van der Waals surface area (Å²) in [4.78, 5) is 44.7. The van der Waals surface area contributed by atoms with Crippen LogP contribution in [0.3, 0.4) is 0 Å². The van der Waals surface area contributed by atoms with Gasteiger partial charge in [-0.15, -0.1) is 0 Å². The van der Waals surface area contributed by atoms with Gasteiger partial charge in [0.1, 0.15) is 0 Å². The van der Waals surface area contributed by atoms with Crippen LogP contribution in [-0.2, 0) is 21.5 Å². The summed E-state index contributed by atoms with van der Waals surface area (Å²) < 4.78 is 0. The first-order valence-electron chi connectivity index (χ1n) is 12.2. The molecule has 2 heterocycles. The molecule has 2 fully saturated rings. The number of carbonyl (C=O) groups excluding carboxylic acids is 3. The summed E-state index contributed by atoms with van der Waals surface area (Å²) in [6.45, 7) is 9.24. The number of rotatable bonds is 7. The van der Waals surface area contributed by atoms with Crippen LogP contribution in [-0.4, -0.2) is 77.5 Å². The van der Waals surface area contributed by atoms with E-state index in [0.717, 1.165) is 11.1 Å². The highest BCUT2D eigenvalue weighted by molar-refractivity contribution is 6.07. The normalized spacial score (nSPS) is 21.7. The van der Waals surface area contributed by atoms with Gasteiger partial charge in [-0.1, -0.05) is 60.7 Å². The number of benzene rings is 2. The lowest BCUT2D eigenvalue weighted by atomic mass is 9.83. The first-order valence-corrected chi connectivity index (χ1v) is 12.2. The lowest BCUT2D eigenvalue weighted by Gasteiger charge is -2.36. The number of imide groups is 1. The van der Waals surface area contributed by atoms with Gasteiger partial charge >= 0.3 is 6.03 Å². The molecule has 2 aliphatic heterocycles. The van der Waals surface area contributed by atoms with Crippen LogP contribution in [0.25, 0.3) is 0 Å². The average Bonchev–Trinajstić information content (AvgIpc) is 3.05. The maximum absolute atomic E-state index is 13.8. The monoisotopic (exact) mass is 477 g/mol. The second kappa shape index (κ2) is 10.2. The van der Waals surface area contributed by atoms with Crippen molar-refractivity contribution < 1.29 is 14.4 Å². The number of amides is 4. The van der Waals surface area contributed by atoms with E-state index in [4.69, 9.17) is 0 Å². The van der Waals surface area contributed by atoms with Gasteiger partial charge in [-0.25, -0.2) is 9.69 Å². The van der Waals surface area contributed by atoms with Gasteiger partial charge in [0.05, 0.1) is 13.2 Å². The maximum Gasteiger partial charge on any atom is 0.326 e.